The summed E-state index contributed by atoms with van der Waals surface area (Å²) in [5.74, 6) is 2.83. The molecule has 2 N–H and O–H groups in total. The van der Waals surface area contributed by atoms with Gasteiger partial charge in [0.1, 0.15) is 23.1 Å². The zero-order valence-electron chi connectivity index (χ0n) is 12.3. The Morgan fingerprint density at radius 1 is 1.40 bits per heavy atom. The highest BCUT2D eigenvalue weighted by Crippen LogP contribution is 2.36. The Labute approximate surface area is 128 Å². The average Bonchev–Trinajstić information content (AvgIpc) is 2.76. The van der Waals surface area contributed by atoms with Crippen LogP contribution in [0.2, 0.25) is 0 Å². The van der Waals surface area contributed by atoms with Crippen LogP contribution in [0.3, 0.4) is 0 Å². The SMILES string of the molecule is CCn1c(C(C)C)nc(-c2cc(OC)ccc2Br)c1N. The van der Waals surface area contributed by atoms with Crippen LogP contribution in [0.5, 0.6) is 5.75 Å². The summed E-state index contributed by atoms with van der Waals surface area (Å²) in [7, 11) is 1.65. The van der Waals surface area contributed by atoms with Crippen molar-refractivity contribution in [2.75, 3.05) is 12.8 Å². The van der Waals surface area contributed by atoms with Crippen LogP contribution in [0.25, 0.3) is 11.3 Å². The summed E-state index contributed by atoms with van der Waals surface area (Å²) in [5, 5.41) is 0. The van der Waals surface area contributed by atoms with E-state index in [9.17, 15) is 0 Å². The molecular formula is C15H20BrN3O. The summed E-state index contributed by atoms with van der Waals surface area (Å²) in [5.41, 5.74) is 8.05. The standard InChI is InChI=1S/C15H20BrN3O/c1-5-19-14(17)13(18-15(19)9(2)3)11-8-10(20-4)6-7-12(11)16/h6-9H,5,17H2,1-4H3. The summed E-state index contributed by atoms with van der Waals surface area (Å²) in [6.45, 7) is 7.14. The molecule has 5 heteroatoms. The molecular weight excluding hydrogens is 318 g/mol. The molecule has 1 aromatic carbocycles. The van der Waals surface area contributed by atoms with E-state index in [-0.39, 0.29) is 0 Å². The lowest BCUT2D eigenvalue weighted by Gasteiger charge is -2.09. The highest BCUT2D eigenvalue weighted by atomic mass is 79.9. The van der Waals surface area contributed by atoms with Gasteiger partial charge in [-0.25, -0.2) is 4.98 Å². The molecule has 0 unspecified atom stereocenters. The quantitative estimate of drug-likeness (QED) is 0.915. The number of ether oxygens (including phenoxy) is 1. The van der Waals surface area contributed by atoms with Crippen LogP contribution in [0.4, 0.5) is 5.82 Å². The molecule has 1 aromatic heterocycles. The molecule has 0 saturated heterocycles. The molecule has 0 fully saturated rings. The Kier molecular flexibility index (Phi) is 4.38. The Morgan fingerprint density at radius 2 is 2.10 bits per heavy atom. The monoisotopic (exact) mass is 337 g/mol. The van der Waals surface area contributed by atoms with Crippen LogP contribution in [0, 0.1) is 0 Å². The van der Waals surface area contributed by atoms with Crippen LogP contribution in [0.15, 0.2) is 22.7 Å². The van der Waals surface area contributed by atoms with Crippen LogP contribution in [0.1, 0.15) is 32.5 Å². The van der Waals surface area contributed by atoms with Crippen molar-refractivity contribution in [3.8, 4) is 17.0 Å². The fourth-order valence-corrected chi connectivity index (χ4v) is 2.70. The lowest BCUT2D eigenvalue weighted by atomic mass is 10.1. The first kappa shape index (κ1) is 14.9. The molecule has 4 nitrogen and oxygen atoms in total. The van der Waals surface area contributed by atoms with Crippen molar-refractivity contribution in [2.45, 2.75) is 33.2 Å². The Morgan fingerprint density at radius 3 is 2.60 bits per heavy atom. The molecule has 1 heterocycles. The van der Waals surface area contributed by atoms with Crippen LogP contribution >= 0.6 is 15.9 Å². The predicted octanol–water partition coefficient (Wildman–Crippen LogP) is 4.05. The number of aromatic nitrogens is 2. The molecule has 0 saturated carbocycles. The van der Waals surface area contributed by atoms with Crippen molar-refractivity contribution < 1.29 is 4.74 Å². The highest BCUT2D eigenvalue weighted by Gasteiger charge is 2.19. The van der Waals surface area contributed by atoms with Crippen LogP contribution in [-0.2, 0) is 6.54 Å². The van der Waals surface area contributed by atoms with Crippen molar-refractivity contribution in [1.82, 2.24) is 9.55 Å². The molecule has 20 heavy (non-hydrogen) atoms. The van der Waals surface area contributed by atoms with Gasteiger partial charge in [0.2, 0.25) is 0 Å². The van der Waals surface area contributed by atoms with Crippen molar-refractivity contribution >= 4 is 21.7 Å². The molecule has 0 amide bonds. The first-order valence-corrected chi connectivity index (χ1v) is 7.48. The zero-order valence-corrected chi connectivity index (χ0v) is 13.9. The van der Waals surface area contributed by atoms with Gasteiger partial charge in [0.25, 0.3) is 0 Å². The Bertz CT molecular complexity index is 620. The topological polar surface area (TPSA) is 53.1 Å². The maximum Gasteiger partial charge on any atom is 0.131 e. The molecule has 2 rings (SSSR count). The normalized spacial score (nSPS) is 11.1. The maximum atomic E-state index is 6.28. The van der Waals surface area contributed by atoms with E-state index in [2.05, 4.69) is 41.3 Å². The number of nitrogen functional groups attached to an aromatic ring is 1. The molecule has 2 aromatic rings. The van der Waals surface area contributed by atoms with E-state index in [0.717, 1.165) is 33.8 Å². The van der Waals surface area contributed by atoms with E-state index in [1.54, 1.807) is 7.11 Å². The lowest BCUT2D eigenvalue weighted by molar-refractivity contribution is 0.415. The largest absolute Gasteiger partial charge is 0.497 e. The minimum atomic E-state index is 0.329. The second-order valence-corrected chi connectivity index (χ2v) is 5.80. The van der Waals surface area contributed by atoms with Crippen molar-refractivity contribution in [1.29, 1.82) is 0 Å². The second kappa shape index (κ2) is 5.87. The number of imidazole rings is 1. The number of methoxy groups -OCH3 is 1. The first-order valence-electron chi connectivity index (χ1n) is 6.69. The maximum absolute atomic E-state index is 6.28. The third kappa shape index (κ3) is 2.54. The number of rotatable bonds is 4. The zero-order chi connectivity index (χ0) is 14.9. The molecule has 0 spiro atoms. The van der Waals surface area contributed by atoms with E-state index in [1.807, 2.05) is 18.2 Å². The third-order valence-electron chi connectivity index (χ3n) is 3.30. The van der Waals surface area contributed by atoms with Crippen LogP contribution in [-0.4, -0.2) is 16.7 Å². The van der Waals surface area contributed by atoms with Crippen molar-refractivity contribution in [2.24, 2.45) is 0 Å². The molecule has 0 aliphatic heterocycles. The highest BCUT2D eigenvalue weighted by molar-refractivity contribution is 9.10. The van der Waals surface area contributed by atoms with Gasteiger partial charge in [-0.05, 0) is 25.1 Å². The average molecular weight is 338 g/mol. The molecule has 108 valence electrons. The number of anilines is 1. The summed E-state index contributed by atoms with van der Waals surface area (Å²) in [6.07, 6.45) is 0. The minimum absolute atomic E-state index is 0.329. The van der Waals surface area contributed by atoms with Gasteiger partial charge in [0.05, 0.1) is 7.11 Å². The number of halogens is 1. The molecule has 0 bridgehead atoms. The van der Waals surface area contributed by atoms with Gasteiger partial charge in [-0.1, -0.05) is 29.8 Å². The second-order valence-electron chi connectivity index (χ2n) is 4.95. The van der Waals surface area contributed by atoms with Crippen molar-refractivity contribution in [3.05, 3.63) is 28.5 Å². The predicted molar refractivity (Wildman–Crippen MR) is 86.1 cm³/mol. The van der Waals surface area contributed by atoms with Gasteiger partial charge in [0, 0.05) is 22.5 Å². The Balaban J connectivity index is 2.64. The lowest BCUT2D eigenvalue weighted by Crippen LogP contribution is -2.06. The van der Waals surface area contributed by atoms with E-state index in [1.165, 1.54) is 0 Å². The molecule has 0 aliphatic rings. The fraction of sp³-hybridized carbons (Fsp3) is 0.400. The number of hydrogen-bond acceptors (Lipinski definition) is 3. The number of hydrogen-bond donors (Lipinski definition) is 1. The number of nitrogens with two attached hydrogens (primary N) is 1. The summed E-state index contributed by atoms with van der Waals surface area (Å²) < 4.78 is 8.31. The van der Waals surface area contributed by atoms with E-state index < -0.39 is 0 Å². The number of nitrogens with zero attached hydrogens (tertiary/aromatic N) is 2. The van der Waals surface area contributed by atoms with Crippen LogP contribution < -0.4 is 10.5 Å². The smallest absolute Gasteiger partial charge is 0.131 e. The first-order chi connectivity index (χ1) is 9.49. The van der Waals surface area contributed by atoms with Gasteiger partial charge >= 0.3 is 0 Å². The van der Waals surface area contributed by atoms with E-state index in [0.29, 0.717) is 11.7 Å². The molecule has 0 aliphatic carbocycles. The van der Waals surface area contributed by atoms with E-state index >= 15 is 0 Å². The summed E-state index contributed by atoms with van der Waals surface area (Å²) >= 11 is 3.56. The third-order valence-corrected chi connectivity index (χ3v) is 3.99. The molecule has 0 atom stereocenters. The van der Waals surface area contributed by atoms with E-state index in [4.69, 9.17) is 15.5 Å². The fourth-order valence-electron chi connectivity index (χ4n) is 2.27. The van der Waals surface area contributed by atoms with Gasteiger partial charge in [0.15, 0.2) is 0 Å². The molecule has 0 radical (unpaired) electrons. The van der Waals surface area contributed by atoms with Gasteiger partial charge < -0.3 is 15.0 Å². The Hall–Kier alpha value is -1.49. The minimum Gasteiger partial charge on any atom is -0.497 e. The van der Waals surface area contributed by atoms with Gasteiger partial charge in [-0.3, -0.25) is 0 Å². The number of benzene rings is 1. The summed E-state index contributed by atoms with van der Waals surface area (Å²) in [4.78, 5) is 4.74. The van der Waals surface area contributed by atoms with Crippen molar-refractivity contribution in [3.63, 3.8) is 0 Å². The van der Waals surface area contributed by atoms with Gasteiger partial charge in [-0.15, -0.1) is 0 Å². The van der Waals surface area contributed by atoms with Gasteiger partial charge in [-0.2, -0.15) is 0 Å². The summed E-state index contributed by atoms with van der Waals surface area (Å²) in [6, 6.07) is 5.81.